The smallest absolute Gasteiger partial charge is 0.332 e. The van der Waals surface area contributed by atoms with Crippen LogP contribution in [0.5, 0.6) is 0 Å². The Labute approximate surface area is 195 Å². The summed E-state index contributed by atoms with van der Waals surface area (Å²) in [6.07, 6.45) is 4.23. The van der Waals surface area contributed by atoms with Crippen molar-refractivity contribution in [3.63, 3.8) is 0 Å². The second-order valence-corrected chi connectivity index (χ2v) is 9.70. The molecule has 0 aromatic carbocycles. The molecular formula is C23H38N2O8. The Balaban J connectivity index is 1.48. The highest BCUT2D eigenvalue weighted by Gasteiger charge is 2.40. The van der Waals surface area contributed by atoms with Gasteiger partial charge in [-0.1, -0.05) is 0 Å². The van der Waals surface area contributed by atoms with Crippen molar-refractivity contribution in [2.75, 3.05) is 26.4 Å². The van der Waals surface area contributed by atoms with E-state index in [1.54, 1.807) is 0 Å². The molecule has 188 valence electrons. The SMILES string of the molecule is CC(C)(CCOCCCC(=O)ON1C(=O)CCC1(C)C)OCCCC(=O)ON1CCCC1=O. The van der Waals surface area contributed by atoms with Crippen LogP contribution < -0.4 is 0 Å². The monoisotopic (exact) mass is 470 g/mol. The van der Waals surface area contributed by atoms with E-state index in [9.17, 15) is 19.2 Å². The van der Waals surface area contributed by atoms with Gasteiger partial charge in [0.1, 0.15) is 0 Å². The number of amides is 2. The predicted octanol–water partition coefficient (Wildman–Crippen LogP) is 2.69. The van der Waals surface area contributed by atoms with Crippen molar-refractivity contribution in [3.05, 3.63) is 0 Å². The Hall–Kier alpha value is -2.20. The van der Waals surface area contributed by atoms with Crippen LogP contribution in [-0.4, -0.2) is 71.4 Å². The summed E-state index contributed by atoms with van der Waals surface area (Å²) in [5.41, 5.74) is -0.877. The van der Waals surface area contributed by atoms with Gasteiger partial charge in [0.2, 0.25) is 0 Å². The van der Waals surface area contributed by atoms with Gasteiger partial charge in [0, 0.05) is 32.7 Å². The summed E-state index contributed by atoms with van der Waals surface area (Å²) >= 11 is 0. The molecule has 0 N–H and O–H groups in total. The molecule has 33 heavy (non-hydrogen) atoms. The Morgan fingerprint density at radius 1 is 0.939 bits per heavy atom. The molecule has 10 nitrogen and oxygen atoms in total. The van der Waals surface area contributed by atoms with E-state index >= 15 is 0 Å². The molecule has 0 bridgehead atoms. The third-order valence-corrected chi connectivity index (χ3v) is 5.70. The first-order valence-electron chi connectivity index (χ1n) is 11.8. The minimum absolute atomic E-state index is 0.150. The molecule has 2 rings (SSSR count). The molecular weight excluding hydrogens is 432 g/mol. The van der Waals surface area contributed by atoms with Crippen LogP contribution >= 0.6 is 0 Å². The minimum atomic E-state index is -0.456. The number of ether oxygens (including phenoxy) is 2. The van der Waals surface area contributed by atoms with Crippen molar-refractivity contribution in [3.8, 4) is 0 Å². The molecule has 2 aliphatic rings. The highest BCUT2D eigenvalue weighted by molar-refractivity contribution is 5.81. The molecule has 2 saturated heterocycles. The lowest BCUT2D eigenvalue weighted by Gasteiger charge is -2.29. The summed E-state index contributed by atoms with van der Waals surface area (Å²) in [5, 5.41) is 2.33. The summed E-state index contributed by atoms with van der Waals surface area (Å²) in [5.74, 6) is -1.17. The fourth-order valence-electron chi connectivity index (χ4n) is 3.54. The van der Waals surface area contributed by atoms with Crippen LogP contribution in [0.3, 0.4) is 0 Å². The fourth-order valence-corrected chi connectivity index (χ4v) is 3.54. The normalized spacial score (nSPS) is 18.2. The zero-order valence-corrected chi connectivity index (χ0v) is 20.4. The maximum absolute atomic E-state index is 12.0. The highest BCUT2D eigenvalue weighted by Crippen LogP contribution is 2.29. The lowest BCUT2D eigenvalue weighted by Crippen LogP contribution is -2.42. The van der Waals surface area contributed by atoms with Crippen LogP contribution in [0.4, 0.5) is 0 Å². The number of carbonyl (C=O) groups is 4. The third-order valence-electron chi connectivity index (χ3n) is 5.70. The topological polar surface area (TPSA) is 112 Å². The molecule has 0 unspecified atom stereocenters. The number of rotatable bonds is 14. The average molecular weight is 471 g/mol. The van der Waals surface area contributed by atoms with E-state index in [1.807, 2.05) is 27.7 Å². The highest BCUT2D eigenvalue weighted by atomic mass is 16.7. The van der Waals surface area contributed by atoms with Gasteiger partial charge in [-0.25, -0.2) is 9.59 Å². The number of nitrogens with zero attached hydrogens (tertiary/aromatic N) is 2. The van der Waals surface area contributed by atoms with Gasteiger partial charge in [-0.05, 0) is 59.8 Å². The quantitative estimate of drug-likeness (QED) is 0.356. The molecule has 0 spiro atoms. The molecule has 2 fully saturated rings. The Morgan fingerprint density at radius 3 is 2.21 bits per heavy atom. The molecule has 2 amide bonds. The third kappa shape index (κ3) is 9.29. The molecule has 0 saturated carbocycles. The molecule has 0 radical (unpaired) electrons. The predicted molar refractivity (Wildman–Crippen MR) is 117 cm³/mol. The van der Waals surface area contributed by atoms with Gasteiger partial charge >= 0.3 is 11.9 Å². The zero-order chi connectivity index (χ0) is 24.5. The van der Waals surface area contributed by atoms with Crippen LogP contribution in [0.25, 0.3) is 0 Å². The van der Waals surface area contributed by atoms with Crippen molar-refractivity contribution in [2.24, 2.45) is 0 Å². The Bertz CT molecular complexity index is 707. The van der Waals surface area contributed by atoms with E-state index in [0.29, 0.717) is 71.3 Å². The molecule has 0 atom stereocenters. The lowest BCUT2D eigenvalue weighted by molar-refractivity contribution is -0.210. The minimum Gasteiger partial charge on any atom is -0.381 e. The largest absolute Gasteiger partial charge is 0.381 e. The molecule has 0 aromatic heterocycles. The summed E-state index contributed by atoms with van der Waals surface area (Å²) < 4.78 is 11.4. The summed E-state index contributed by atoms with van der Waals surface area (Å²) in [6, 6.07) is 0. The van der Waals surface area contributed by atoms with Crippen LogP contribution in [0.1, 0.15) is 85.5 Å². The number of hydrogen-bond donors (Lipinski definition) is 0. The van der Waals surface area contributed by atoms with E-state index in [4.69, 9.17) is 19.1 Å². The van der Waals surface area contributed by atoms with E-state index in [1.165, 1.54) is 5.06 Å². The number of hydroxylamine groups is 4. The van der Waals surface area contributed by atoms with Crippen molar-refractivity contribution in [1.29, 1.82) is 0 Å². The Morgan fingerprint density at radius 2 is 1.61 bits per heavy atom. The molecule has 2 aliphatic heterocycles. The molecule has 2 heterocycles. The molecule has 0 aromatic rings. The van der Waals surface area contributed by atoms with Gasteiger partial charge in [0.15, 0.2) is 0 Å². The standard InChI is InChI=1S/C23H38N2O8/c1-22(2)12-11-19(27)25(22)33-21(29)9-6-15-30-17-13-23(3,4)31-16-7-10-20(28)32-24-14-5-8-18(24)26/h5-17H2,1-4H3. The first kappa shape index (κ1) is 27.0. The van der Waals surface area contributed by atoms with Crippen molar-refractivity contribution in [2.45, 2.75) is 96.6 Å². The van der Waals surface area contributed by atoms with Crippen molar-refractivity contribution < 1.29 is 38.3 Å². The number of carbonyl (C=O) groups excluding carboxylic acids is 4. The summed E-state index contributed by atoms with van der Waals surface area (Å²) in [7, 11) is 0. The van der Waals surface area contributed by atoms with E-state index < -0.39 is 23.1 Å². The van der Waals surface area contributed by atoms with Gasteiger partial charge in [0.25, 0.3) is 11.8 Å². The van der Waals surface area contributed by atoms with Crippen molar-refractivity contribution in [1.82, 2.24) is 10.1 Å². The number of hydrogen-bond acceptors (Lipinski definition) is 8. The van der Waals surface area contributed by atoms with Crippen molar-refractivity contribution >= 4 is 23.8 Å². The van der Waals surface area contributed by atoms with Crippen LogP contribution in [0.2, 0.25) is 0 Å². The van der Waals surface area contributed by atoms with Gasteiger partial charge in [-0.15, -0.1) is 0 Å². The van der Waals surface area contributed by atoms with E-state index in [0.717, 1.165) is 5.06 Å². The second-order valence-electron chi connectivity index (χ2n) is 9.70. The van der Waals surface area contributed by atoms with Crippen LogP contribution in [0.15, 0.2) is 0 Å². The van der Waals surface area contributed by atoms with Gasteiger partial charge in [-0.3, -0.25) is 9.59 Å². The first-order valence-corrected chi connectivity index (χ1v) is 11.8. The van der Waals surface area contributed by atoms with Crippen LogP contribution in [-0.2, 0) is 38.3 Å². The van der Waals surface area contributed by atoms with Crippen LogP contribution in [0, 0.1) is 0 Å². The maximum Gasteiger partial charge on any atom is 0.332 e. The summed E-state index contributed by atoms with van der Waals surface area (Å²) in [6.45, 7) is 9.38. The van der Waals surface area contributed by atoms with Gasteiger partial charge < -0.3 is 19.1 Å². The van der Waals surface area contributed by atoms with Gasteiger partial charge in [0.05, 0.1) is 30.5 Å². The molecule has 0 aliphatic carbocycles. The zero-order valence-electron chi connectivity index (χ0n) is 20.4. The van der Waals surface area contributed by atoms with E-state index in [2.05, 4.69) is 0 Å². The van der Waals surface area contributed by atoms with E-state index in [-0.39, 0.29) is 24.7 Å². The van der Waals surface area contributed by atoms with Gasteiger partial charge in [-0.2, -0.15) is 10.1 Å². The maximum atomic E-state index is 12.0. The second kappa shape index (κ2) is 12.3. The first-order chi connectivity index (χ1) is 15.5. The Kier molecular flexibility index (Phi) is 10.1. The fraction of sp³-hybridized carbons (Fsp3) is 0.826. The molecule has 10 heteroatoms. The average Bonchev–Trinajstić information content (AvgIpc) is 3.25. The summed E-state index contributed by atoms with van der Waals surface area (Å²) in [4.78, 5) is 57.3. The lowest BCUT2D eigenvalue weighted by atomic mass is 10.0.